The third-order valence-corrected chi connectivity index (χ3v) is 2.21. The number of aryl methyl sites for hydroxylation is 1. The van der Waals surface area contributed by atoms with Crippen LogP contribution in [-0.2, 0) is 16.0 Å². The van der Waals surface area contributed by atoms with Gasteiger partial charge in [0.15, 0.2) is 0 Å². The molecule has 0 aliphatic carbocycles. The van der Waals surface area contributed by atoms with Crippen molar-refractivity contribution in [2.45, 2.75) is 26.2 Å². The van der Waals surface area contributed by atoms with Gasteiger partial charge in [-0.1, -0.05) is 19.4 Å². The molecule has 0 heterocycles. The number of isocyanates is 2. The number of aliphatic imine (C=N–C) groups is 2. The molecule has 0 aromatic heterocycles. The molecular weight excluding hydrogens is 204 g/mol. The summed E-state index contributed by atoms with van der Waals surface area (Å²) in [5.41, 5.74) is 1.94. The van der Waals surface area contributed by atoms with Crippen LogP contribution in [0.1, 0.15) is 25.3 Å². The first kappa shape index (κ1) is 12.1. The maximum atomic E-state index is 10.3. The van der Waals surface area contributed by atoms with Gasteiger partial charge in [0.25, 0.3) is 0 Å². The second kappa shape index (κ2) is 6.46. The molecule has 0 aliphatic heterocycles. The molecule has 0 amide bonds. The van der Waals surface area contributed by atoms with Gasteiger partial charge in [0.05, 0.1) is 11.4 Å². The first-order valence-electron chi connectivity index (χ1n) is 5.10. The molecule has 0 fully saturated rings. The Labute approximate surface area is 93.7 Å². The SMILES string of the molecule is CCCCc1ccc(N=C=O)cc1N=C=O. The lowest BCUT2D eigenvalue weighted by atomic mass is 10.1. The lowest BCUT2D eigenvalue weighted by molar-refractivity contribution is 0.564. The van der Waals surface area contributed by atoms with Gasteiger partial charge in [-0.15, -0.1) is 0 Å². The van der Waals surface area contributed by atoms with E-state index in [9.17, 15) is 9.59 Å². The molecule has 1 rings (SSSR count). The second-order valence-corrected chi connectivity index (χ2v) is 3.32. The number of hydrogen-bond donors (Lipinski definition) is 0. The van der Waals surface area contributed by atoms with Gasteiger partial charge in [-0.25, -0.2) is 9.59 Å². The van der Waals surface area contributed by atoms with Gasteiger partial charge < -0.3 is 0 Å². The van der Waals surface area contributed by atoms with E-state index in [2.05, 4.69) is 16.9 Å². The van der Waals surface area contributed by atoms with Crippen LogP contribution in [0.5, 0.6) is 0 Å². The smallest absolute Gasteiger partial charge is 0.211 e. The van der Waals surface area contributed by atoms with Crippen molar-refractivity contribution in [2.75, 3.05) is 0 Å². The minimum atomic E-state index is 0.448. The highest BCUT2D eigenvalue weighted by Gasteiger charge is 2.02. The van der Waals surface area contributed by atoms with E-state index in [1.165, 1.54) is 12.2 Å². The topological polar surface area (TPSA) is 58.9 Å². The second-order valence-electron chi connectivity index (χ2n) is 3.32. The Morgan fingerprint density at radius 1 is 1.19 bits per heavy atom. The van der Waals surface area contributed by atoms with Gasteiger partial charge in [0.1, 0.15) is 0 Å². The zero-order valence-electron chi connectivity index (χ0n) is 9.06. The summed E-state index contributed by atoms with van der Waals surface area (Å²) in [7, 11) is 0. The molecule has 0 atom stereocenters. The number of nitrogens with zero attached hydrogens (tertiary/aromatic N) is 2. The number of unbranched alkanes of at least 4 members (excludes halogenated alkanes) is 1. The first-order chi connectivity index (χ1) is 7.81. The Kier molecular flexibility index (Phi) is 4.87. The van der Waals surface area contributed by atoms with Crippen LogP contribution < -0.4 is 0 Å². The van der Waals surface area contributed by atoms with E-state index in [4.69, 9.17) is 0 Å². The number of hydrogen-bond acceptors (Lipinski definition) is 4. The number of benzene rings is 1. The molecule has 0 aliphatic rings. The Bertz CT molecular complexity index is 456. The van der Waals surface area contributed by atoms with Crippen molar-refractivity contribution in [2.24, 2.45) is 9.98 Å². The molecule has 1 aromatic rings. The third kappa shape index (κ3) is 3.28. The molecular formula is C12H12N2O2. The fourth-order valence-corrected chi connectivity index (χ4v) is 1.41. The monoisotopic (exact) mass is 216 g/mol. The largest absolute Gasteiger partial charge is 0.240 e. The van der Waals surface area contributed by atoms with Gasteiger partial charge in [-0.3, -0.25) is 0 Å². The minimum absolute atomic E-state index is 0.448. The fraction of sp³-hybridized carbons (Fsp3) is 0.333. The molecule has 0 bridgehead atoms. The lowest BCUT2D eigenvalue weighted by Crippen LogP contribution is -1.85. The maximum absolute atomic E-state index is 10.3. The summed E-state index contributed by atoms with van der Waals surface area (Å²) >= 11 is 0. The Balaban J connectivity index is 3.08. The molecule has 4 nitrogen and oxygen atoms in total. The predicted octanol–water partition coefficient (Wildman–Crippen LogP) is 2.96. The molecule has 82 valence electrons. The number of carbonyl (C=O) groups excluding carboxylic acids is 2. The van der Waals surface area contributed by atoms with Crippen LogP contribution in [0.2, 0.25) is 0 Å². The first-order valence-corrected chi connectivity index (χ1v) is 5.10. The molecule has 16 heavy (non-hydrogen) atoms. The van der Waals surface area contributed by atoms with Crippen LogP contribution in [0.3, 0.4) is 0 Å². The predicted molar refractivity (Wildman–Crippen MR) is 60.6 cm³/mol. The van der Waals surface area contributed by atoms with E-state index in [0.717, 1.165) is 24.8 Å². The average Bonchev–Trinajstić information content (AvgIpc) is 2.29. The van der Waals surface area contributed by atoms with Crippen molar-refractivity contribution < 1.29 is 9.59 Å². The summed E-state index contributed by atoms with van der Waals surface area (Å²) in [6, 6.07) is 5.11. The average molecular weight is 216 g/mol. The summed E-state index contributed by atoms with van der Waals surface area (Å²) in [5, 5.41) is 0. The van der Waals surface area contributed by atoms with Gasteiger partial charge in [-0.05, 0) is 30.5 Å². The summed E-state index contributed by atoms with van der Waals surface area (Å²) in [6.45, 7) is 2.09. The van der Waals surface area contributed by atoms with E-state index in [1.807, 2.05) is 6.07 Å². The van der Waals surface area contributed by atoms with Crippen molar-refractivity contribution >= 4 is 23.5 Å². The summed E-state index contributed by atoms with van der Waals surface area (Å²) in [5.74, 6) is 0. The zero-order chi connectivity index (χ0) is 11.8. The number of rotatable bonds is 5. The fourth-order valence-electron chi connectivity index (χ4n) is 1.41. The Morgan fingerprint density at radius 2 is 1.94 bits per heavy atom. The van der Waals surface area contributed by atoms with Crippen LogP contribution in [0.15, 0.2) is 28.2 Å². The zero-order valence-corrected chi connectivity index (χ0v) is 9.06. The molecule has 0 spiro atoms. The van der Waals surface area contributed by atoms with Gasteiger partial charge >= 0.3 is 0 Å². The van der Waals surface area contributed by atoms with E-state index in [1.54, 1.807) is 12.1 Å². The highest BCUT2D eigenvalue weighted by atomic mass is 16.1. The summed E-state index contributed by atoms with van der Waals surface area (Å²) in [6.07, 6.45) is 5.90. The van der Waals surface area contributed by atoms with E-state index in [-0.39, 0.29) is 0 Å². The van der Waals surface area contributed by atoms with E-state index >= 15 is 0 Å². The van der Waals surface area contributed by atoms with Gasteiger partial charge in [0.2, 0.25) is 12.2 Å². The van der Waals surface area contributed by atoms with Crippen molar-refractivity contribution in [3.63, 3.8) is 0 Å². The highest BCUT2D eigenvalue weighted by molar-refractivity contribution is 5.62. The molecule has 4 heteroatoms. The van der Waals surface area contributed by atoms with Crippen LogP contribution >= 0.6 is 0 Å². The molecule has 0 saturated heterocycles. The van der Waals surface area contributed by atoms with E-state index in [0.29, 0.717) is 11.4 Å². The maximum Gasteiger partial charge on any atom is 0.240 e. The van der Waals surface area contributed by atoms with Crippen LogP contribution in [0.25, 0.3) is 0 Å². The normalized spacial score (nSPS) is 9.06. The Morgan fingerprint density at radius 3 is 2.56 bits per heavy atom. The molecule has 1 aromatic carbocycles. The standard InChI is InChI=1S/C12H12N2O2/c1-2-3-4-10-5-6-11(13-8-15)7-12(10)14-9-16/h5-7H,2-4H2,1H3. The molecule has 0 saturated carbocycles. The molecule has 0 unspecified atom stereocenters. The quantitative estimate of drug-likeness (QED) is 0.561. The third-order valence-electron chi connectivity index (χ3n) is 2.21. The molecule has 0 N–H and O–H groups in total. The summed E-state index contributed by atoms with van der Waals surface area (Å²) in [4.78, 5) is 27.5. The van der Waals surface area contributed by atoms with Crippen molar-refractivity contribution in [3.05, 3.63) is 23.8 Å². The van der Waals surface area contributed by atoms with Crippen LogP contribution in [0.4, 0.5) is 11.4 Å². The van der Waals surface area contributed by atoms with Crippen molar-refractivity contribution in [1.29, 1.82) is 0 Å². The van der Waals surface area contributed by atoms with Gasteiger partial charge in [0, 0.05) is 0 Å². The lowest BCUT2D eigenvalue weighted by Gasteiger charge is -2.03. The van der Waals surface area contributed by atoms with Gasteiger partial charge in [-0.2, -0.15) is 9.98 Å². The van der Waals surface area contributed by atoms with Crippen molar-refractivity contribution in [3.8, 4) is 0 Å². The highest BCUT2D eigenvalue weighted by Crippen LogP contribution is 2.26. The Hall–Kier alpha value is -2.02. The van der Waals surface area contributed by atoms with Crippen LogP contribution in [0, 0.1) is 0 Å². The minimum Gasteiger partial charge on any atom is -0.211 e. The van der Waals surface area contributed by atoms with E-state index < -0.39 is 0 Å². The molecule has 0 radical (unpaired) electrons. The summed E-state index contributed by atoms with van der Waals surface area (Å²) < 4.78 is 0. The van der Waals surface area contributed by atoms with Crippen molar-refractivity contribution in [1.82, 2.24) is 0 Å². The van der Waals surface area contributed by atoms with Crippen LogP contribution in [-0.4, -0.2) is 12.2 Å².